The molecule has 2 aromatic carbocycles. The Hall–Kier alpha value is -1.49. The number of anilines is 3. The third-order valence-corrected chi connectivity index (χ3v) is 3.15. The monoisotopic (exact) mass is 311 g/mol. The first kappa shape index (κ1) is 13.9. The maximum absolute atomic E-state index is 6.04. The molecule has 3 nitrogen and oxygen atoms in total. The zero-order valence-corrected chi connectivity index (χ0v) is 12.1. The first-order valence-corrected chi connectivity index (χ1v) is 6.60. The Balaban J connectivity index is 2.10. The minimum atomic E-state index is 0.391. The molecule has 2 rings (SSSR count). The van der Waals surface area contributed by atoms with Gasteiger partial charge in [-0.2, -0.15) is 0 Å². The van der Waals surface area contributed by atoms with Crippen LogP contribution in [0.15, 0.2) is 42.5 Å². The summed E-state index contributed by atoms with van der Waals surface area (Å²) < 4.78 is 0. The molecule has 19 heavy (non-hydrogen) atoms. The third kappa shape index (κ3) is 3.73. The molecule has 0 heterocycles. The number of rotatable bonds is 2. The van der Waals surface area contributed by atoms with Crippen molar-refractivity contribution in [3.63, 3.8) is 0 Å². The number of hydrogen-bond donors (Lipinski definition) is 3. The number of thiocarbonyl (C=S) groups is 1. The standard InChI is InChI=1S/C13H11Cl2N3S/c14-8-5-6-9(15)12(7-8)18-13(19)17-11-4-2-1-3-10(11)16/h1-7H,16H2,(H2,17,18,19). The fraction of sp³-hybridized carbons (Fsp3) is 0. The normalized spacial score (nSPS) is 10.0. The van der Waals surface area contributed by atoms with Gasteiger partial charge >= 0.3 is 0 Å². The first-order chi connectivity index (χ1) is 9.06. The van der Waals surface area contributed by atoms with Gasteiger partial charge in [-0.3, -0.25) is 0 Å². The minimum absolute atomic E-state index is 0.391. The number of nitrogens with two attached hydrogens (primary N) is 1. The molecule has 0 atom stereocenters. The van der Waals surface area contributed by atoms with E-state index in [4.69, 9.17) is 41.2 Å². The van der Waals surface area contributed by atoms with Crippen molar-refractivity contribution in [2.45, 2.75) is 0 Å². The van der Waals surface area contributed by atoms with Crippen LogP contribution in [0.2, 0.25) is 10.0 Å². The van der Waals surface area contributed by atoms with Crippen molar-refractivity contribution in [3.8, 4) is 0 Å². The molecular weight excluding hydrogens is 301 g/mol. The molecule has 0 spiro atoms. The highest BCUT2D eigenvalue weighted by molar-refractivity contribution is 7.80. The molecule has 0 fully saturated rings. The number of nitrogen functional groups attached to an aromatic ring is 1. The van der Waals surface area contributed by atoms with Crippen LogP contribution in [0.1, 0.15) is 0 Å². The number of benzene rings is 2. The number of para-hydroxylation sites is 2. The van der Waals surface area contributed by atoms with Gasteiger partial charge in [0.25, 0.3) is 0 Å². The summed E-state index contributed by atoms with van der Waals surface area (Å²) in [6.45, 7) is 0. The van der Waals surface area contributed by atoms with E-state index in [0.717, 1.165) is 5.69 Å². The molecule has 0 unspecified atom stereocenters. The van der Waals surface area contributed by atoms with Gasteiger partial charge in [0.1, 0.15) is 0 Å². The van der Waals surface area contributed by atoms with Crippen molar-refractivity contribution in [2.75, 3.05) is 16.4 Å². The summed E-state index contributed by atoms with van der Waals surface area (Å²) in [7, 11) is 0. The van der Waals surface area contributed by atoms with Crippen LogP contribution in [0.5, 0.6) is 0 Å². The van der Waals surface area contributed by atoms with Crippen LogP contribution in [0.4, 0.5) is 17.1 Å². The van der Waals surface area contributed by atoms with Crippen LogP contribution in [0.25, 0.3) is 0 Å². The molecule has 0 aromatic heterocycles. The summed E-state index contributed by atoms with van der Waals surface area (Å²) in [6.07, 6.45) is 0. The Labute approximate surface area is 126 Å². The van der Waals surface area contributed by atoms with Gasteiger partial charge in [-0.15, -0.1) is 0 Å². The van der Waals surface area contributed by atoms with E-state index in [9.17, 15) is 0 Å². The maximum Gasteiger partial charge on any atom is 0.175 e. The fourth-order valence-corrected chi connectivity index (χ4v) is 2.04. The van der Waals surface area contributed by atoms with Crippen molar-refractivity contribution in [2.24, 2.45) is 0 Å². The zero-order valence-electron chi connectivity index (χ0n) is 9.78. The Morgan fingerprint density at radius 2 is 1.68 bits per heavy atom. The molecule has 0 amide bonds. The second-order valence-electron chi connectivity index (χ2n) is 3.79. The summed E-state index contributed by atoms with van der Waals surface area (Å²) in [5.41, 5.74) is 7.81. The van der Waals surface area contributed by atoms with Crippen LogP contribution in [0.3, 0.4) is 0 Å². The maximum atomic E-state index is 6.04. The van der Waals surface area contributed by atoms with E-state index in [-0.39, 0.29) is 0 Å². The highest BCUT2D eigenvalue weighted by atomic mass is 35.5. The van der Waals surface area contributed by atoms with Crippen molar-refractivity contribution in [1.29, 1.82) is 0 Å². The van der Waals surface area contributed by atoms with E-state index in [1.807, 2.05) is 18.2 Å². The lowest BCUT2D eigenvalue weighted by Crippen LogP contribution is -2.20. The number of hydrogen-bond acceptors (Lipinski definition) is 2. The zero-order chi connectivity index (χ0) is 13.8. The predicted molar refractivity (Wildman–Crippen MR) is 87.2 cm³/mol. The van der Waals surface area contributed by atoms with Gasteiger partial charge in [0.15, 0.2) is 5.11 Å². The second-order valence-corrected chi connectivity index (χ2v) is 5.04. The Morgan fingerprint density at radius 3 is 2.42 bits per heavy atom. The minimum Gasteiger partial charge on any atom is -0.397 e. The smallest absolute Gasteiger partial charge is 0.175 e. The fourth-order valence-electron chi connectivity index (χ4n) is 1.48. The molecule has 6 heteroatoms. The lowest BCUT2D eigenvalue weighted by Gasteiger charge is -2.13. The molecule has 0 bridgehead atoms. The van der Waals surface area contributed by atoms with Gasteiger partial charge in [0.2, 0.25) is 0 Å². The van der Waals surface area contributed by atoms with Crippen LogP contribution in [0, 0.1) is 0 Å². The lowest BCUT2D eigenvalue weighted by molar-refractivity contribution is 1.59. The highest BCUT2D eigenvalue weighted by Crippen LogP contribution is 2.26. The second kappa shape index (κ2) is 6.10. The van der Waals surface area contributed by atoms with Crippen molar-refractivity contribution >= 4 is 57.6 Å². The summed E-state index contributed by atoms with van der Waals surface area (Å²) >= 11 is 17.1. The molecule has 0 saturated carbocycles. The Bertz CT molecular complexity index is 617. The van der Waals surface area contributed by atoms with E-state index in [2.05, 4.69) is 10.6 Å². The van der Waals surface area contributed by atoms with Crippen molar-refractivity contribution in [1.82, 2.24) is 0 Å². The Kier molecular flexibility index (Phi) is 4.47. The largest absolute Gasteiger partial charge is 0.397 e. The van der Waals surface area contributed by atoms with E-state index in [1.165, 1.54) is 0 Å². The summed E-state index contributed by atoms with van der Waals surface area (Å²) in [6, 6.07) is 12.5. The average molecular weight is 312 g/mol. The molecule has 0 radical (unpaired) electrons. The van der Waals surface area contributed by atoms with E-state index < -0.39 is 0 Å². The SMILES string of the molecule is Nc1ccccc1NC(=S)Nc1cc(Cl)ccc1Cl. The van der Waals surface area contributed by atoms with E-state index in [0.29, 0.717) is 26.5 Å². The number of nitrogens with one attached hydrogen (secondary N) is 2. The quantitative estimate of drug-likeness (QED) is 0.569. The van der Waals surface area contributed by atoms with Crippen LogP contribution < -0.4 is 16.4 Å². The topological polar surface area (TPSA) is 50.1 Å². The van der Waals surface area contributed by atoms with Gasteiger partial charge in [-0.05, 0) is 42.5 Å². The van der Waals surface area contributed by atoms with Gasteiger partial charge in [-0.25, -0.2) is 0 Å². The van der Waals surface area contributed by atoms with Crippen molar-refractivity contribution in [3.05, 3.63) is 52.5 Å². The molecule has 0 saturated heterocycles. The van der Waals surface area contributed by atoms with Crippen LogP contribution in [-0.2, 0) is 0 Å². The van der Waals surface area contributed by atoms with Crippen molar-refractivity contribution < 1.29 is 0 Å². The average Bonchev–Trinajstić information content (AvgIpc) is 2.37. The number of halogens is 2. The van der Waals surface area contributed by atoms with E-state index >= 15 is 0 Å². The van der Waals surface area contributed by atoms with Gasteiger partial charge in [0.05, 0.1) is 22.1 Å². The van der Waals surface area contributed by atoms with Gasteiger partial charge in [-0.1, -0.05) is 35.3 Å². The third-order valence-electron chi connectivity index (χ3n) is 2.39. The highest BCUT2D eigenvalue weighted by Gasteiger charge is 2.05. The van der Waals surface area contributed by atoms with Gasteiger partial charge in [0, 0.05) is 5.02 Å². The van der Waals surface area contributed by atoms with E-state index in [1.54, 1.807) is 24.3 Å². The van der Waals surface area contributed by atoms with Crippen LogP contribution >= 0.6 is 35.4 Å². The molecule has 0 aliphatic rings. The molecular formula is C13H11Cl2N3S. The first-order valence-electron chi connectivity index (χ1n) is 5.44. The summed E-state index contributed by atoms with van der Waals surface area (Å²) in [5.74, 6) is 0. The Morgan fingerprint density at radius 1 is 1.00 bits per heavy atom. The predicted octanol–water partition coefficient (Wildman–Crippen LogP) is 4.38. The van der Waals surface area contributed by atoms with Gasteiger partial charge < -0.3 is 16.4 Å². The molecule has 0 aliphatic carbocycles. The summed E-state index contributed by atoms with van der Waals surface area (Å²) in [4.78, 5) is 0. The molecule has 4 N–H and O–H groups in total. The molecule has 0 aliphatic heterocycles. The molecule has 98 valence electrons. The van der Waals surface area contributed by atoms with Crippen LogP contribution in [-0.4, -0.2) is 5.11 Å². The summed E-state index contributed by atoms with van der Waals surface area (Å²) in [5, 5.41) is 7.48. The lowest BCUT2D eigenvalue weighted by atomic mass is 10.3. The molecule has 2 aromatic rings.